The number of hydrogen-bond donors (Lipinski definition) is 2. The van der Waals surface area contributed by atoms with Crippen LogP contribution in [0, 0.1) is 5.92 Å². The standard InChI is InChI=1S/C14H25N3O4/c1-4-17(8-12(18)15-10(2)3)13(19)9-16-6-5-11(7-16)14(20)21/h10-11H,4-9H2,1-3H3,(H,15,18)(H,20,21). The third-order valence-electron chi connectivity index (χ3n) is 3.50. The van der Waals surface area contributed by atoms with Gasteiger partial charge in [0.25, 0.3) is 0 Å². The lowest BCUT2D eigenvalue weighted by atomic mass is 10.1. The fraction of sp³-hybridized carbons (Fsp3) is 0.786. The molecule has 0 saturated carbocycles. The van der Waals surface area contributed by atoms with E-state index in [9.17, 15) is 14.4 Å². The van der Waals surface area contributed by atoms with E-state index in [0.717, 1.165) is 0 Å². The minimum Gasteiger partial charge on any atom is -0.481 e. The van der Waals surface area contributed by atoms with Crippen LogP contribution in [0.15, 0.2) is 0 Å². The first kappa shape index (κ1) is 17.4. The van der Waals surface area contributed by atoms with Crippen molar-refractivity contribution in [3.63, 3.8) is 0 Å². The van der Waals surface area contributed by atoms with Crippen molar-refractivity contribution in [1.29, 1.82) is 0 Å². The van der Waals surface area contributed by atoms with Gasteiger partial charge in [0.05, 0.1) is 19.0 Å². The van der Waals surface area contributed by atoms with Gasteiger partial charge >= 0.3 is 5.97 Å². The van der Waals surface area contributed by atoms with E-state index in [4.69, 9.17) is 5.11 Å². The van der Waals surface area contributed by atoms with Crippen LogP contribution >= 0.6 is 0 Å². The monoisotopic (exact) mass is 299 g/mol. The van der Waals surface area contributed by atoms with Gasteiger partial charge in [-0.05, 0) is 33.7 Å². The second-order valence-corrected chi connectivity index (χ2v) is 5.69. The second-order valence-electron chi connectivity index (χ2n) is 5.69. The van der Waals surface area contributed by atoms with Crippen LogP contribution in [0.1, 0.15) is 27.2 Å². The molecule has 1 rings (SSSR count). The lowest BCUT2D eigenvalue weighted by molar-refractivity contribution is -0.141. The number of carbonyl (C=O) groups excluding carboxylic acids is 2. The molecule has 1 heterocycles. The first-order chi connectivity index (χ1) is 9.83. The highest BCUT2D eigenvalue weighted by Gasteiger charge is 2.30. The Bertz CT molecular complexity index is 398. The number of carboxylic acids is 1. The van der Waals surface area contributed by atoms with Crippen molar-refractivity contribution in [3.05, 3.63) is 0 Å². The molecule has 1 unspecified atom stereocenters. The number of likely N-dealkylation sites (N-methyl/N-ethyl adjacent to an activating group) is 1. The van der Waals surface area contributed by atoms with E-state index in [-0.39, 0.29) is 30.9 Å². The van der Waals surface area contributed by atoms with Crippen LogP contribution in [0.25, 0.3) is 0 Å². The van der Waals surface area contributed by atoms with E-state index in [0.29, 0.717) is 26.1 Å². The molecule has 7 nitrogen and oxygen atoms in total. The highest BCUT2D eigenvalue weighted by molar-refractivity contribution is 5.85. The summed E-state index contributed by atoms with van der Waals surface area (Å²) in [7, 11) is 0. The van der Waals surface area contributed by atoms with Crippen LogP contribution in [-0.4, -0.2) is 71.5 Å². The van der Waals surface area contributed by atoms with Gasteiger partial charge in [0.15, 0.2) is 0 Å². The minimum absolute atomic E-state index is 0.0428. The van der Waals surface area contributed by atoms with Gasteiger partial charge in [-0.15, -0.1) is 0 Å². The smallest absolute Gasteiger partial charge is 0.307 e. The van der Waals surface area contributed by atoms with Crippen LogP contribution in [0.5, 0.6) is 0 Å². The zero-order chi connectivity index (χ0) is 16.0. The molecule has 1 aliphatic rings. The lowest BCUT2D eigenvalue weighted by Gasteiger charge is -2.24. The molecule has 2 amide bonds. The Morgan fingerprint density at radius 3 is 2.52 bits per heavy atom. The molecule has 2 N–H and O–H groups in total. The number of nitrogens with one attached hydrogen (secondary N) is 1. The predicted molar refractivity (Wildman–Crippen MR) is 77.7 cm³/mol. The van der Waals surface area contributed by atoms with E-state index in [1.165, 1.54) is 4.90 Å². The summed E-state index contributed by atoms with van der Waals surface area (Å²) >= 11 is 0. The maximum Gasteiger partial charge on any atom is 0.307 e. The fourth-order valence-corrected chi connectivity index (χ4v) is 2.39. The van der Waals surface area contributed by atoms with Crippen molar-refractivity contribution in [3.8, 4) is 0 Å². The molecule has 120 valence electrons. The van der Waals surface area contributed by atoms with Gasteiger partial charge in [0.1, 0.15) is 0 Å². The lowest BCUT2D eigenvalue weighted by Crippen LogP contribution is -2.46. The Labute approximate surface area is 125 Å². The van der Waals surface area contributed by atoms with Crippen molar-refractivity contribution in [2.24, 2.45) is 5.92 Å². The number of carbonyl (C=O) groups is 3. The van der Waals surface area contributed by atoms with Crippen LogP contribution < -0.4 is 5.32 Å². The van der Waals surface area contributed by atoms with Gasteiger partial charge in [-0.25, -0.2) is 0 Å². The van der Waals surface area contributed by atoms with Crippen LogP contribution in [0.4, 0.5) is 0 Å². The van der Waals surface area contributed by atoms with Crippen molar-refractivity contribution < 1.29 is 19.5 Å². The normalized spacial score (nSPS) is 18.8. The largest absolute Gasteiger partial charge is 0.481 e. The summed E-state index contributed by atoms with van der Waals surface area (Å²) in [4.78, 5) is 38.1. The maximum atomic E-state index is 12.2. The molecule has 0 radical (unpaired) electrons. The van der Waals surface area contributed by atoms with Gasteiger partial charge in [-0.3, -0.25) is 19.3 Å². The number of carboxylic acid groups (broad SMARTS) is 1. The van der Waals surface area contributed by atoms with Gasteiger partial charge in [-0.2, -0.15) is 0 Å². The number of likely N-dealkylation sites (tertiary alicyclic amines) is 1. The summed E-state index contributed by atoms with van der Waals surface area (Å²) in [6.45, 7) is 7.25. The Morgan fingerprint density at radius 2 is 2.05 bits per heavy atom. The first-order valence-corrected chi connectivity index (χ1v) is 7.35. The van der Waals surface area contributed by atoms with Crippen molar-refractivity contribution in [1.82, 2.24) is 15.1 Å². The molecule has 1 saturated heterocycles. The molecule has 0 aromatic heterocycles. The summed E-state index contributed by atoms with van der Waals surface area (Å²) in [5.41, 5.74) is 0. The average molecular weight is 299 g/mol. The number of hydrogen-bond acceptors (Lipinski definition) is 4. The van der Waals surface area contributed by atoms with Crippen LogP contribution in [-0.2, 0) is 14.4 Å². The molecule has 0 aromatic carbocycles. The topological polar surface area (TPSA) is 90.0 Å². The third-order valence-corrected chi connectivity index (χ3v) is 3.50. The number of nitrogens with zero attached hydrogens (tertiary/aromatic N) is 2. The Kier molecular flexibility index (Phi) is 6.61. The highest BCUT2D eigenvalue weighted by atomic mass is 16.4. The minimum atomic E-state index is -0.811. The van der Waals surface area contributed by atoms with Gasteiger partial charge in [0, 0.05) is 19.1 Å². The summed E-state index contributed by atoms with van der Waals surface area (Å²) in [5, 5.41) is 11.7. The average Bonchev–Trinajstić information content (AvgIpc) is 2.83. The van der Waals surface area contributed by atoms with Crippen molar-refractivity contribution in [2.45, 2.75) is 33.2 Å². The summed E-state index contributed by atoms with van der Waals surface area (Å²) < 4.78 is 0. The molecule has 1 fully saturated rings. The summed E-state index contributed by atoms with van der Waals surface area (Å²) in [6, 6.07) is 0.0428. The quantitative estimate of drug-likeness (QED) is 0.677. The molecular formula is C14H25N3O4. The Balaban J connectivity index is 2.45. The van der Waals surface area contributed by atoms with E-state index < -0.39 is 11.9 Å². The van der Waals surface area contributed by atoms with Gasteiger partial charge in [0.2, 0.25) is 11.8 Å². The molecule has 21 heavy (non-hydrogen) atoms. The first-order valence-electron chi connectivity index (χ1n) is 7.35. The molecule has 7 heteroatoms. The highest BCUT2D eigenvalue weighted by Crippen LogP contribution is 2.16. The molecule has 1 aliphatic heterocycles. The van der Waals surface area contributed by atoms with E-state index >= 15 is 0 Å². The Morgan fingerprint density at radius 1 is 1.38 bits per heavy atom. The van der Waals surface area contributed by atoms with Crippen LogP contribution in [0.3, 0.4) is 0 Å². The van der Waals surface area contributed by atoms with Crippen LogP contribution in [0.2, 0.25) is 0 Å². The van der Waals surface area contributed by atoms with Crippen molar-refractivity contribution >= 4 is 17.8 Å². The van der Waals surface area contributed by atoms with Crippen molar-refractivity contribution in [2.75, 3.05) is 32.7 Å². The number of rotatable bonds is 7. The SMILES string of the molecule is CCN(CC(=O)NC(C)C)C(=O)CN1CCC(C(=O)O)C1. The van der Waals surface area contributed by atoms with Gasteiger partial charge < -0.3 is 15.3 Å². The molecule has 0 aromatic rings. The number of amides is 2. The zero-order valence-electron chi connectivity index (χ0n) is 13.0. The van der Waals surface area contributed by atoms with E-state index in [1.807, 2.05) is 25.7 Å². The second kappa shape index (κ2) is 7.97. The molecule has 0 aliphatic carbocycles. The van der Waals surface area contributed by atoms with E-state index in [2.05, 4.69) is 5.32 Å². The predicted octanol–water partition coefficient (Wildman–Crippen LogP) is -0.234. The van der Waals surface area contributed by atoms with Gasteiger partial charge in [-0.1, -0.05) is 0 Å². The molecule has 0 spiro atoms. The molecule has 1 atom stereocenters. The maximum absolute atomic E-state index is 12.2. The summed E-state index contributed by atoms with van der Waals surface area (Å²) in [6.07, 6.45) is 0.572. The van der Waals surface area contributed by atoms with E-state index in [1.54, 1.807) is 0 Å². The Hall–Kier alpha value is -1.63. The molecule has 0 bridgehead atoms. The summed E-state index contributed by atoms with van der Waals surface area (Å²) in [5.74, 6) is -1.52. The fourth-order valence-electron chi connectivity index (χ4n) is 2.39. The molecular weight excluding hydrogens is 274 g/mol. The third kappa shape index (κ3) is 5.71. The zero-order valence-corrected chi connectivity index (χ0v) is 13.0. The number of aliphatic carboxylic acids is 1.